The number of fused-ring (bicyclic) bond motifs is 1. The lowest BCUT2D eigenvalue weighted by Crippen LogP contribution is -2.57. The van der Waals surface area contributed by atoms with E-state index in [1.54, 1.807) is 30.0 Å². The predicted octanol–water partition coefficient (Wildman–Crippen LogP) is 5.69. The van der Waals surface area contributed by atoms with Gasteiger partial charge in [-0.2, -0.15) is 29.9 Å². The Morgan fingerprint density at radius 2 is 2.04 bits per heavy atom. The van der Waals surface area contributed by atoms with E-state index >= 15 is 4.39 Å². The van der Waals surface area contributed by atoms with Crippen molar-refractivity contribution in [1.29, 1.82) is 0 Å². The van der Waals surface area contributed by atoms with Crippen molar-refractivity contribution in [3.05, 3.63) is 41.1 Å². The van der Waals surface area contributed by atoms with Crippen molar-refractivity contribution < 1.29 is 31.6 Å². The van der Waals surface area contributed by atoms with Gasteiger partial charge in [-0.25, -0.2) is 4.39 Å². The van der Waals surface area contributed by atoms with E-state index in [1.165, 1.54) is 13.3 Å². The Bertz CT molecular complexity index is 1620. The molecule has 5 rings (SSSR count). The molecule has 2 aliphatic heterocycles. The standard InChI is InChI=1S/C31H39F4N7O3S2/c1-5-17-10-22(25(32)23(6-2)42(17)3)39-21-9-7-8-18-19(11-31(33,34)35)27(47-26(18)21)29-40-24(45-41-29)13-38-30(43)20(28(36)44-4)12-37-16-14-46-15-16/h7-9,12,16-17,22-23,25,39H,5-6,10-11,13-15,36H2,1-4H3,(H,38,43)/b28-20-,37-12?. The van der Waals surface area contributed by atoms with Crippen LogP contribution >= 0.6 is 23.1 Å². The van der Waals surface area contributed by atoms with Gasteiger partial charge >= 0.3 is 6.18 Å². The van der Waals surface area contributed by atoms with Gasteiger partial charge in [-0.1, -0.05) is 31.1 Å². The van der Waals surface area contributed by atoms with E-state index < -0.39 is 30.7 Å². The first-order chi connectivity index (χ1) is 22.4. The van der Waals surface area contributed by atoms with E-state index in [0.29, 0.717) is 28.6 Å². The Kier molecular flexibility index (Phi) is 11.0. The van der Waals surface area contributed by atoms with Gasteiger partial charge in [-0.3, -0.25) is 14.7 Å². The molecule has 1 aromatic carbocycles. The van der Waals surface area contributed by atoms with Crippen molar-refractivity contribution >= 4 is 51.0 Å². The monoisotopic (exact) mass is 697 g/mol. The Balaban J connectivity index is 1.41. The van der Waals surface area contributed by atoms with E-state index in [-0.39, 0.29) is 58.3 Å². The van der Waals surface area contributed by atoms with Crippen LogP contribution in [-0.4, -0.2) is 89.3 Å². The highest BCUT2D eigenvalue weighted by atomic mass is 32.2. The lowest BCUT2D eigenvalue weighted by Gasteiger charge is -2.45. The quantitative estimate of drug-likeness (QED) is 0.0947. The maximum atomic E-state index is 15.7. The minimum absolute atomic E-state index is 0.000891. The first kappa shape index (κ1) is 35.0. The summed E-state index contributed by atoms with van der Waals surface area (Å²) in [7, 11) is 3.28. The number of amides is 1. The molecule has 2 fully saturated rings. The van der Waals surface area contributed by atoms with Gasteiger partial charge in [0.15, 0.2) is 5.88 Å². The third-order valence-electron chi connectivity index (χ3n) is 8.64. The maximum Gasteiger partial charge on any atom is 0.393 e. The lowest BCUT2D eigenvalue weighted by molar-refractivity contribution is -0.126. The zero-order valence-corrected chi connectivity index (χ0v) is 28.2. The van der Waals surface area contributed by atoms with Gasteiger partial charge in [0.2, 0.25) is 11.7 Å². The predicted molar refractivity (Wildman–Crippen MR) is 177 cm³/mol. The lowest BCUT2D eigenvalue weighted by atomic mass is 9.87. The number of carbonyl (C=O) groups excluding carboxylic acids is 1. The summed E-state index contributed by atoms with van der Waals surface area (Å²) in [6.45, 7) is 3.81. The molecule has 256 valence electrons. The van der Waals surface area contributed by atoms with Crippen LogP contribution in [0.2, 0.25) is 0 Å². The van der Waals surface area contributed by atoms with Crippen molar-refractivity contribution in [3.63, 3.8) is 0 Å². The summed E-state index contributed by atoms with van der Waals surface area (Å²) in [4.78, 5) is 23.8. The molecule has 0 spiro atoms. The average Bonchev–Trinajstić information content (AvgIpc) is 3.63. The number of methoxy groups -OCH3 is 1. The van der Waals surface area contributed by atoms with Crippen LogP contribution in [0.1, 0.15) is 44.6 Å². The zero-order chi connectivity index (χ0) is 33.9. The number of thiophene rings is 1. The maximum absolute atomic E-state index is 15.7. The number of thioether (sulfide) groups is 1. The molecule has 4 atom stereocenters. The topological polar surface area (TPSA) is 131 Å². The molecule has 2 saturated heterocycles. The molecule has 0 saturated carbocycles. The molecule has 1 amide bonds. The first-order valence-corrected chi connectivity index (χ1v) is 17.4. The van der Waals surface area contributed by atoms with Crippen molar-refractivity contribution in [2.75, 3.05) is 31.0 Å². The number of nitrogens with zero attached hydrogens (tertiary/aromatic N) is 4. The molecule has 16 heteroatoms. The molecule has 0 aliphatic carbocycles. The fourth-order valence-electron chi connectivity index (χ4n) is 6.00. The van der Waals surface area contributed by atoms with Crippen molar-refractivity contribution in [3.8, 4) is 10.7 Å². The number of hydrogen-bond donors (Lipinski definition) is 3. The molecule has 3 aromatic rings. The summed E-state index contributed by atoms with van der Waals surface area (Å²) in [5.41, 5.74) is 6.44. The molecule has 0 bridgehead atoms. The number of likely N-dealkylation sites (tertiary alicyclic amines) is 1. The van der Waals surface area contributed by atoms with Gasteiger partial charge in [0, 0.05) is 29.8 Å². The third kappa shape index (κ3) is 7.86. The number of hydrogen-bond acceptors (Lipinski definition) is 11. The summed E-state index contributed by atoms with van der Waals surface area (Å²) in [5, 5.41) is 10.3. The minimum Gasteiger partial charge on any atom is -0.482 e. The number of aliphatic imine (C=N–C) groups is 1. The SMILES string of the molecule is CCC1CC(Nc2cccc3c(CC(F)(F)F)c(-c4noc(CNC(=O)/C(C=NC5CSC5)=C(/N)OC)n4)sc23)C(F)C(CC)N1C. The van der Waals surface area contributed by atoms with E-state index in [2.05, 4.69) is 37.6 Å². The van der Waals surface area contributed by atoms with Crippen LogP contribution in [-0.2, 0) is 22.5 Å². The highest BCUT2D eigenvalue weighted by molar-refractivity contribution is 8.00. The average molecular weight is 698 g/mol. The second-order valence-corrected chi connectivity index (χ2v) is 13.8. The van der Waals surface area contributed by atoms with Gasteiger partial charge in [0.1, 0.15) is 11.7 Å². The van der Waals surface area contributed by atoms with E-state index in [9.17, 15) is 18.0 Å². The van der Waals surface area contributed by atoms with Crippen molar-refractivity contribution in [2.24, 2.45) is 10.7 Å². The largest absolute Gasteiger partial charge is 0.482 e. The Morgan fingerprint density at radius 3 is 2.68 bits per heavy atom. The highest BCUT2D eigenvalue weighted by Gasteiger charge is 2.40. The number of nitrogens with one attached hydrogen (secondary N) is 2. The number of ether oxygens (including phenoxy) is 1. The van der Waals surface area contributed by atoms with Gasteiger partial charge in [-0.05, 0) is 43.3 Å². The number of rotatable bonds is 12. The number of anilines is 1. The number of carbonyl (C=O) groups is 1. The molecular formula is C31H39F4N7O3S2. The summed E-state index contributed by atoms with van der Waals surface area (Å²) in [5.74, 6) is 0.921. The Hall–Kier alpha value is -3.37. The normalized spacial score (nSPS) is 23.1. The molecule has 2 aliphatic rings. The molecule has 47 heavy (non-hydrogen) atoms. The zero-order valence-electron chi connectivity index (χ0n) is 26.6. The minimum atomic E-state index is -4.52. The molecular weight excluding hydrogens is 659 g/mol. The van der Waals surface area contributed by atoms with Crippen LogP contribution in [0.5, 0.6) is 0 Å². The fourth-order valence-corrected chi connectivity index (χ4v) is 7.84. The van der Waals surface area contributed by atoms with Crippen LogP contribution < -0.4 is 16.4 Å². The summed E-state index contributed by atoms with van der Waals surface area (Å²) >= 11 is 2.83. The van der Waals surface area contributed by atoms with Crippen LogP contribution in [0.4, 0.5) is 23.2 Å². The molecule has 10 nitrogen and oxygen atoms in total. The molecule has 0 radical (unpaired) electrons. The van der Waals surface area contributed by atoms with E-state index in [1.807, 2.05) is 14.0 Å². The summed E-state index contributed by atoms with van der Waals surface area (Å²) in [6.07, 6.45) is -3.47. The Morgan fingerprint density at radius 1 is 1.28 bits per heavy atom. The van der Waals surface area contributed by atoms with Gasteiger partial charge in [-0.15, -0.1) is 11.3 Å². The molecule has 4 heterocycles. The van der Waals surface area contributed by atoms with Crippen molar-refractivity contribution in [2.45, 2.75) is 82.6 Å². The van der Waals surface area contributed by atoms with Crippen LogP contribution in [0.3, 0.4) is 0 Å². The molecule has 2 aromatic heterocycles. The number of halogens is 4. The summed E-state index contributed by atoms with van der Waals surface area (Å²) in [6, 6.07) is 4.53. The fraction of sp³-hybridized carbons (Fsp3) is 0.548. The van der Waals surface area contributed by atoms with Gasteiger partial charge < -0.3 is 25.6 Å². The number of benzene rings is 1. The highest BCUT2D eigenvalue weighted by Crippen LogP contribution is 2.44. The second kappa shape index (κ2) is 14.8. The van der Waals surface area contributed by atoms with Crippen LogP contribution in [0.25, 0.3) is 20.8 Å². The molecule has 4 N–H and O–H groups in total. The number of piperidine rings is 1. The number of aromatic nitrogens is 2. The smallest absolute Gasteiger partial charge is 0.393 e. The van der Waals surface area contributed by atoms with Gasteiger partial charge in [0.25, 0.3) is 5.91 Å². The second-order valence-electron chi connectivity index (χ2n) is 11.7. The summed E-state index contributed by atoms with van der Waals surface area (Å²) < 4.78 is 68.3. The Labute approximate surface area is 278 Å². The van der Waals surface area contributed by atoms with Crippen LogP contribution in [0.15, 0.2) is 39.2 Å². The number of alkyl halides is 4. The third-order valence-corrected chi connectivity index (χ3v) is 11.2. The molecule has 4 unspecified atom stereocenters. The number of nitrogens with two attached hydrogens (primary N) is 1. The first-order valence-electron chi connectivity index (χ1n) is 15.4. The van der Waals surface area contributed by atoms with E-state index in [4.69, 9.17) is 15.0 Å². The van der Waals surface area contributed by atoms with Crippen LogP contribution in [0, 0.1) is 0 Å². The van der Waals surface area contributed by atoms with Crippen molar-refractivity contribution in [1.82, 2.24) is 20.4 Å². The van der Waals surface area contributed by atoms with E-state index in [0.717, 1.165) is 29.3 Å². The van der Waals surface area contributed by atoms with Gasteiger partial charge in [0.05, 0.1) is 47.4 Å².